The third-order valence-electron chi connectivity index (χ3n) is 4.06. The highest BCUT2D eigenvalue weighted by Crippen LogP contribution is 2.21. The third kappa shape index (κ3) is 4.19. The van der Waals surface area contributed by atoms with E-state index < -0.39 is 0 Å². The molecular weight excluding hydrogens is 342 g/mol. The summed E-state index contributed by atoms with van der Waals surface area (Å²) in [5.74, 6) is 0.143. The van der Waals surface area contributed by atoms with Crippen LogP contribution in [0, 0.1) is 10.9 Å². The zero-order valence-electron chi connectivity index (χ0n) is 13.9. The van der Waals surface area contributed by atoms with Gasteiger partial charge in [0.25, 0.3) is 0 Å². The number of carbonyl (C=O) groups is 1. The second kappa shape index (κ2) is 7.42. The van der Waals surface area contributed by atoms with Crippen LogP contribution in [0.5, 0.6) is 0 Å². The summed E-state index contributed by atoms with van der Waals surface area (Å²) in [4.78, 5) is 15.5. The fourth-order valence-corrected chi connectivity index (χ4v) is 3.61. The molecule has 0 unspecified atom stereocenters. The number of rotatable bonds is 4. The zero-order chi connectivity index (χ0) is 17.1. The van der Waals surface area contributed by atoms with Gasteiger partial charge in [0, 0.05) is 38.8 Å². The molecule has 1 aliphatic heterocycles. The minimum Gasteiger partial charge on any atom is -0.340 e. The second-order valence-electron chi connectivity index (χ2n) is 5.93. The van der Waals surface area contributed by atoms with Gasteiger partial charge in [-0.1, -0.05) is 29.0 Å². The first-order valence-electron chi connectivity index (χ1n) is 7.91. The average Bonchev–Trinajstić information content (AvgIpc) is 2.89. The molecule has 1 aliphatic rings. The molecule has 0 radical (unpaired) electrons. The third-order valence-corrected chi connectivity index (χ3v) is 5.28. The number of hydrogen-bond acceptors (Lipinski definition) is 6. The molecule has 6 nitrogen and oxygen atoms in total. The van der Waals surface area contributed by atoms with Crippen LogP contribution < -0.4 is 5.32 Å². The van der Waals surface area contributed by atoms with E-state index in [1.807, 2.05) is 21.7 Å². The van der Waals surface area contributed by atoms with E-state index in [-0.39, 0.29) is 5.91 Å². The van der Waals surface area contributed by atoms with Crippen molar-refractivity contribution in [2.24, 2.45) is 0 Å². The van der Waals surface area contributed by atoms with Crippen LogP contribution in [-0.4, -0.2) is 51.7 Å². The predicted octanol–water partition coefficient (Wildman–Crippen LogP) is 2.85. The number of amides is 1. The smallest absolute Gasteiger partial charge is 0.219 e. The maximum absolute atomic E-state index is 11.4. The first-order chi connectivity index (χ1) is 11.5. The van der Waals surface area contributed by atoms with Gasteiger partial charge >= 0.3 is 0 Å². The van der Waals surface area contributed by atoms with Gasteiger partial charge in [-0.2, -0.15) is 0 Å². The lowest BCUT2D eigenvalue weighted by molar-refractivity contribution is -0.130. The van der Waals surface area contributed by atoms with Crippen LogP contribution >= 0.6 is 23.6 Å². The van der Waals surface area contributed by atoms with Crippen LogP contribution in [0.1, 0.15) is 12.5 Å². The van der Waals surface area contributed by atoms with Gasteiger partial charge < -0.3 is 10.2 Å². The van der Waals surface area contributed by atoms with Crippen molar-refractivity contribution in [3.05, 3.63) is 33.8 Å². The molecule has 3 rings (SSSR count). The molecule has 8 heteroatoms. The minimum atomic E-state index is 0.143. The van der Waals surface area contributed by atoms with Gasteiger partial charge in [0.15, 0.2) is 3.95 Å². The van der Waals surface area contributed by atoms with Crippen molar-refractivity contribution in [3.63, 3.8) is 0 Å². The summed E-state index contributed by atoms with van der Waals surface area (Å²) in [5.41, 5.74) is 2.23. The molecule has 1 saturated heterocycles. The number of benzene rings is 1. The first-order valence-corrected chi connectivity index (χ1v) is 9.13. The van der Waals surface area contributed by atoms with Crippen LogP contribution in [0.15, 0.2) is 24.3 Å². The normalized spacial score (nSPS) is 15.5. The number of aromatic nitrogens is 2. The molecule has 0 aliphatic carbocycles. The van der Waals surface area contributed by atoms with Gasteiger partial charge in [-0.15, -0.1) is 5.10 Å². The fourth-order valence-electron chi connectivity index (χ4n) is 2.60. The van der Waals surface area contributed by atoms with Gasteiger partial charge in [-0.05, 0) is 31.3 Å². The molecule has 128 valence electrons. The highest BCUT2D eigenvalue weighted by molar-refractivity contribution is 7.73. The molecule has 1 aromatic carbocycles. The molecule has 24 heavy (non-hydrogen) atoms. The molecule has 1 fully saturated rings. The summed E-state index contributed by atoms with van der Waals surface area (Å²) in [6, 6.07) is 8.19. The van der Waals surface area contributed by atoms with Crippen LogP contribution in [0.25, 0.3) is 0 Å². The molecule has 1 N–H and O–H groups in total. The van der Waals surface area contributed by atoms with Crippen LogP contribution in [0.2, 0.25) is 0 Å². The number of nitrogens with zero attached hydrogens (tertiary/aromatic N) is 4. The van der Waals surface area contributed by atoms with Gasteiger partial charge in [0.1, 0.15) is 0 Å². The molecule has 0 atom stereocenters. The molecule has 0 spiro atoms. The zero-order valence-corrected chi connectivity index (χ0v) is 15.5. The van der Waals surface area contributed by atoms with E-state index in [1.54, 1.807) is 6.92 Å². The lowest BCUT2D eigenvalue weighted by Crippen LogP contribution is -2.48. The van der Waals surface area contributed by atoms with Gasteiger partial charge in [-0.3, -0.25) is 9.69 Å². The Morgan fingerprint density at radius 1 is 1.25 bits per heavy atom. The molecule has 2 heterocycles. The lowest BCUT2D eigenvalue weighted by Gasteiger charge is -2.33. The van der Waals surface area contributed by atoms with Crippen molar-refractivity contribution < 1.29 is 4.79 Å². The number of anilines is 2. The predicted molar refractivity (Wildman–Crippen MR) is 99.2 cm³/mol. The number of carbonyl (C=O) groups excluding carboxylic acids is 1. The molecule has 2 aromatic rings. The second-order valence-corrected chi connectivity index (χ2v) is 7.55. The summed E-state index contributed by atoms with van der Waals surface area (Å²) < 4.78 is 2.60. The van der Waals surface area contributed by atoms with Crippen LogP contribution in [-0.2, 0) is 11.5 Å². The molecule has 1 amide bonds. The van der Waals surface area contributed by atoms with Crippen LogP contribution in [0.3, 0.4) is 0 Å². The summed E-state index contributed by atoms with van der Waals surface area (Å²) >= 11 is 6.90. The number of hydrogen-bond donors (Lipinski definition) is 1. The molecular formula is C16H21N5OS2. The van der Waals surface area contributed by atoms with Gasteiger partial charge in [0.05, 0.1) is 6.67 Å². The van der Waals surface area contributed by atoms with Crippen molar-refractivity contribution in [2.75, 3.05) is 31.5 Å². The minimum absolute atomic E-state index is 0.143. The Kier molecular flexibility index (Phi) is 5.27. The average molecular weight is 364 g/mol. The Morgan fingerprint density at radius 2 is 1.92 bits per heavy atom. The SMILES string of the molecule is CC(=O)N1CCN(Cn2nc(Nc3ccc(C)cc3)sc2=S)CC1. The standard InChI is InChI=1S/C16H21N5OS2/c1-12-3-5-14(6-4-12)17-15-18-21(16(23)24-15)11-19-7-9-20(10-8-19)13(2)22/h3-6H,7-11H2,1-2H3,(H,17,18). The van der Waals surface area contributed by atoms with Crippen molar-refractivity contribution in [1.29, 1.82) is 0 Å². The maximum atomic E-state index is 11.4. The number of nitrogens with one attached hydrogen (secondary N) is 1. The molecule has 0 bridgehead atoms. The highest BCUT2D eigenvalue weighted by atomic mass is 32.1. The molecule has 1 aromatic heterocycles. The Labute approximate surface area is 150 Å². The number of piperazine rings is 1. The fraction of sp³-hybridized carbons (Fsp3) is 0.438. The number of aryl methyl sites for hydroxylation is 1. The van der Waals surface area contributed by atoms with E-state index in [0.717, 1.165) is 41.0 Å². The Hall–Kier alpha value is -1.77. The first kappa shape index (κ1) is 17.1. The van der Waals surface area contributed by atoms with Crippen molar-refractivity contribution in [2.45, 2.75) is 20.5 Å². The maximum Gasteiger partial charge on any atom is 0.219 e. The van der Waals surface area contributed by atoms with E-state index in [4.69, 9.17) is 12.2 Å². The summed E-state index contributed by atoms with van der Waals surface area (Å²) in [6.07, 6.45) is 0. The van der Waals surface area contributed by atoms with E-state index >= 15 is 0 Å². The van der Waals surface area contributed by atoms with E-state index in [9.17, 15) is 4.79 Å². The Bertz CT molecular complexity index is 760. The van der Waals surface area contributed by atoms with Crippen molar-refractivity contribution >= 4 is 40.3 Å². The van der Waals surface area contributed by atoms with Crippen molar-refractivity contribution in [3.8, 4) is 0 Å². The summed E-state index contributed by atoms with van der Waals surface area (Å²) in [5, 5.41) is 8.67. The summed E-state index contributed by atoms with van der Waals surface area (Å²) in [6.45, 7) is 7.57. The topological polar surface area (TPSA) is 53.4 Å². The Morgan fingerprint density at radius 3 is 2.54 bits per heavy atom. The van der Waals surface area contributed by atoms with Gasteiger partial charge in [-0.25, -0.2) is 4.68 Å². The lowest BCUT2D eigenvalue weighted by atomic mass is 10.2. The largest absolute Gasteiger partial charge is 0.340 e. The van der Waals surface area contributed by atoms with E-state index in [0.29, 0.717) is 6.67 Å². The van der Waals surface area contributed by atoms with E-state index in [2.05, 4.69) is 34.4 Å². The molecule has 0 saturated carbocycles. The quantitative estimate of drug-likeness (QED) is 0.847. The highest BCUT2D eigenvalue weighted by Gasteiger charge is 2.19. The van der Waals surface area contributed by atoms with Crippen LogP contribution in [0.4, 0.5) is 10.8 Å². The monoisotopic (exact) mass is 363 g/mol. The van der Waals surface area contributed by atoms with Gasteiger partial charge in [0.2, 0.25) is 11.0 Å². The van der Waals surface area contributed by atoms with E-state index in [1.165, 1.54) is 16.9 Å². The van der Waals surface area contributed by atoms with Crippen molar-refractivity contribution in [1.82, 2.24) is 19.6 Å². The Balaban J connectivity index is 1.61. The summed E-state index contributed by atoms with van der Waals surface area (Å²) in [7, 11) is 0.